The smallest absolute Gasteiger partial charge is 0.160 e. The van der Waals surface area contributed by atoms with E-state index >= 15 is 0 Å². The van der Waals surface area contributed by atoms with Crippen LogP contribution < -0.4 is 4.74 Å². The van der Waals surface area contributed by atoms with E-state index < -0.39 is 0 Å². The van der Waals surface area contributed by atoms with Crippen molar-refractivity contribution in [1.29, 1.82) is 0 Å². The number of phenolic OH excluding ortho intramolecular Hbond substituents is 1. The molecule has 1 aromatic rings. The van der Waals surface area contributed by atoms with Crippen molar-refractivity contribution in [2.24, 2.45) is 16.7 Å². The van der Waals surface area contributed by atoms with E-state index in [2.05, 4.69) is 19.9 Å². The van der Waals surface area contributed by atoms with E-state index in [1.807, 2.05) is 6.07 Å². The minimum atomic E-state index is 0.310. The number of benzene rings is 1. The summed E-state index contributed by atoms with van der Waals surface area (Å²) in [7, 11) is 1.64. The Morgan fingerprint density at radius 3 is 2.73 bits per heavy atom. The predicted molar refractivity (Wildman–Crippen MR) is 88.5 cm³/mol. The number of hydrogen-bond donors (Lipinski definition) is 1. The highest BCUT2D eigenvalue weighted by Crippen LogP contribution is 2.67. The van der Waals surface area contributed by atoms with Crippen molar-refractivity contribution in [3.63, 3.8) is 0 Å². The van der Waals surface area contributed by atoms with Crippen LogP contribution in [-0.4, -0.2) is 12.2 Å². The lowest BCUT2D eigenvalue weighted by Gasteiger charge is -2.56. The molecule has 0 radical (unpaired) electrons. The molecule has 4 rings (SSSR count). The monoisotopic (exact) mass is 300 g/mol. The van der Waals surface area contributed by atoms with Crippen molar-refractivity contribution in [1.82, 2.24) is 0 Å². The van der Waals surface area contributed by atoms with E-state index in [0.29, 0.717) is 28.2 Å². The molecule has 22 heavy (non-hydrogen) atoms. The number of aromatic hydroxyl groups is 1. The summed E-state index contributed by atoms with van der Waals surface area (Å²) in [6.07, 6.45) is 9.28. The second-order valence-electron chi connectivity index (χ2n) is 8.42. The zero-order valence-electron chi connectivity index (χ0n) is 14.1. The number of fused-ring (bicyclic) bond motifs is 5. The lowest BCUT2D eigenvalue weighted by atomic mass is 9.48. The molecule has 3 aliphatic rings. The fourth-order valence-corrected chi connectivity index (χ4v) is 6.30. The summed E-state index contributed by atoms with van der Waals surface area (Å²) < 4.78 is 5.31. The Morgan fingerprint density at radius 1 is 1.14 bits per heavy atom. The molecule has 4 unspecified atom stereocenters. The van der Waals surface area contributed by atoms with Crippen LogP contribution in [0.1, 0.15) is 69.4 Å². The third kappa shape index (κ3) is 1.79. The summed E-state index contributed by atoms with van der Waals surface area (Å²) in [6.45, 7) is 5.07. The van der Waals surface area contributed by atoms with Gasteiger partial charge in [-0.3, -0.25) is 0 Å². The van der Waals surface area contributed by atoms with E-state index in [9.17, 15) is 5.11 Å². The molecule has 2 saturated carbocycles. The van der Waals surface area contributed by atoms with Crippen LogP contribution in [0.4, 0.5) is 0 Å². The SMILES string of the molecule is COc1cc2c(cc1O)C1CCC3(C)CCCC3C1(C)CC2. The minimum Gasteiger partial charge on any atom is -0.504 e. The van der Waals surface area contributed by atoms with E-state index in [1.54, 1.807) is 7.11 Å². The van der Waals surface area contributed by atoms with Gasteiger partial charge in [-0.05, 0) is 84.5 Å². The average molecular weight is 300 g/mol. The van der Waals surface area contributed by atoms with Gasteiger partial charge in [-0.25, -0.2) is 0 Å². The third-order valence-electron chi connectivity index (χ3n) is 7.43. The van der Waals surface area contributed by atoms with Crippen LogP contribution in [0, 0.1) is 16.7 Å². The van der Waals surface area contributed by atoms with Gasteiger partial charge in [0.25, 0.3) is 0 Å². The van der Waals surface area contributed by atoms with Crippen LogP contribution in [0.2, 0.25) is 0 Å². The van der Waals surface area contributed by atoms with Crippen molar-refractivity contribution in [3.8, 4) is 11.5 Å². The number of rotatable bonds is 1. The zero-order valence-corrected chi connectivity index (χ0v) is 14.1. The first-order valence-corrected chi connectivity index (χ1v) is 8.88. The molecular formula is C20H28O2. The standard InChI is InChI=1S/C20H28O2/c1-19-8-4-5-18(19)20(2)10-6-13-11-17(22-3)16(21)12-14(13)15(20)7-9-19/h11-12,15,18,21H,4-10H2,1-3H3. The van der Waals surface area contributed by atoms with Gasteiger partial charge in [-0.2, -0.15) is 0 Å². The lowest BCUT2D eigenvalue weighted by molar-refractivity contribution is -0.0179. The summed E-state index contributed by atoms with van der Waals surface area (Å²) in [6, 6.07) is 4.08. The molecular weight excluding hydrogens is 272 g/mol. The van der Waals surface area contributed by atoms with Crippen LogP contribution in [0.15, 0.2) is 12.1 Å². The lowest BCUT2D eigenvalue weighted by Crippen LogP contribution is -2.47. The Labute approximate surface area is 133 Å². The maximum absolute atomic E-state index is 10.3. The van der Waals surface area contributed by atoms with Crippen LogP contribution in [0.3, 0.4) is 0 Å². The fourth-order valence-electron chi connectivity index (χ4n) is 6.30. The highest BCUT2D eigenvalue weighted by Gasteiger charge is 2.56. The minimum absolute atomic E-state index is 0.310. The maximum atomic E-state index is 10.3. The predicted octanol–water partition coefficient (Wildman–Crippen LogP) is 5.04. The number of methoxy groups -OCH3 is 1. The van der Waals surface area contributed by atoms with Crippen LogP contribution in [0.25, 0.3) is 0 Å². The topological polar surface area (TPSA) is 29.5 Å². The fraction of sp³-hybridized carbons (Fsp3) is 0.700. The van der Waals surface area contributed by atoms with Crippen molar-refractivity contribution >= 4 is 0 Å². The number of aryl methyl sites for hydroxylation is 1. The second kappa shape index (κ2) is 4.66. The molecule has 0 aromatic heterocycles. The molecule has 3 aliphatic carbocycles. The Bertz CT molecular complexity index is 608. The first-order valence-electron chi connectivity index (χ1n) is 8.88. The molecule has 0 saturated heterocycles. The largest absolute Gasteiger partial charge is 0.504 e. The van der Waals surface area contributed by atoms with Gasteiger partial charge in [0.1, 0.15) is 0 Å². The van der Waals surface area contributed by atoms with Crippen molar-refractivity contribution < 1.29 is 9.84 Å². The van der Waals surface area contributed by atoms with Gasteiger partial charge < -0.3 is 9.84 Å². The molecule has 1 aromatic carbocycles. The Morgan fingerprint density at radius 2 is 1.95 bits per heavy atom. The number of phenols is 1. The molecule has 0 aliphatic heterocycles. The van der Waals surface area contributed by atoms with Gasteiger partial charge in [0.05, 0.1) is 7.11 Å². The maximum Gasteiger partial charge on any atom is 0.160 e. The van der Waals surface area contributed by atoms with Gasteiger partial charge in [0.15, 0.2) is 11.5 Å². The van der Waals surface area contributed by atoms with Gasteiger partial charge in [0.2, 0.25) is 0 Å². The highest BCUT2D eigenvalue weighted by atomic mass is 16.5. The molecule has 0 amide bonds. The van der Waals surface area contributed by atoms with E-state index in [0.717, 1.165) is 12.3 Å². The molecule has 0 heterocycles. The molecule has 0 bridgehead atoms. The Hall–Kier alpha value is -1.18. The third-order valence-corrected chi connectivity index (χ3v) is 7.43. The number of hydrogen-bond acceptors (Lipinski definition) is 2. The molecule has 2 nitrogen and oxygen atoms in total. The van der Waals surface area contributed by atoms with E-state index in [4.69, 9.17) is 4.74 Å². The zero-order chi connectivity index (χ0) is 15.5. The van der Waals surface area contributed by atoms with Crippen molar-refractivity contribution in [2.75, 3.05) is 7.11 Å². The molecule has 2 heteroatoms. The summed E-state index contributed by atoms with van der Waals surface area (Å²) >= 11 is 0. The Balaban J connectivity index is 1.79. The van der Waals surface area contributed by atoms with Crippen LogP contribution in [0.5, 0.6) is 11.5 Å². The summed E-state index contributed by atoms with van der Waals surface area (Å²) in [5.41, 5.74) is 3.79. The summed E-state index contributed by atoms with van der Waals surface area (Å²) in [4.78, 5) is 0. The molecule has 4 atom stereocenters. The molecule has 2 fully saturated rings. The van der Waals surface area contributed by atoms with Gasteiger partial charge in [-0.1, -0.05) is 20.3 Å². The van der Waals surface area contributed by atoms with Crippen LogP contribution in [-0.2, 0) is 6.42 Å². The Kier molecular flexibility index (Phi) is 3.05. The highest BCUT2D eigenvalue weighted by molar-refractivity contribution is 5.50. The normalized spacial score (nSPS) is 39.8. The second-order valence-corrected chi connectivity index (χ2v) is 8.42. The quantitative estimate of drug-likeness (QED) is 0.787. The average Bonchev–Trinajstić information content (AvgIpc) is 2.89. The first-order chi connectivity index (χ1) is 10.5. The first kappa shape index (κ1) is 14.4. The molecule has 120 valence electrons. The van der Waals surface area contributed by atoms with E-state index in [-0.39, 0.29) is 0 Å². The summed E-state index contributed by atoms with van der Waals surface area (Å²) in [5.74, 6) is 2.41. The van der Waals surface area contributed by atoms with Crippen molar-refractivity contribution in [3.05, 3.63) is 23.3 Å². The van der Waals surface area contributed by atoms with Gasteiger partial charge in [-0.15, -0.1) is 0 Å². The molecule has 1 N–H and O–H groups in total. The van der Waals surface area contributed by atoms with Gasteiger partial charge >= 0.3 is 0 Å². The number of ether oxygens (including phenoxy) is 1. The summed E-state index contributed by atoms with van der Waals surface area (Å²) in [5, 5.41) is 10.3. The van der Waals surface area contributed by atoms with Gasteiger partial charge in [0, 0.05) is 0 Å². The molecule has 0 spiro atoms. The van der Waals surface area contributed by atoms with Crippen molar-refractivity contribution in [2.45, 2.75) is 64.7 Å². The van der Waals surface area contributed by atoms with Crippen LogP contribution >= 0.6 is 0 Å². The van der Waals surface area contributed by atoms with E-state index in [1.165, 1.54) is 49.7 Å².